The van der Waals surface area contributed by atoms with Crippen LogP contribution in [0.4, 0.5) is 13.2 Å². The number of halogens is 3. The lowest BCUT2D eigenvalue weighted by atomic mass is 10.0. The van der Waals surface area contributed by atoms with Crippen molar-refractivity contribution in [3.8, 4) is 0 Å². The van der Waals surface area contributed by atoms with E-state index in [1.165, 1.54) is 11.0 Å². The molecule has 4 nitrogen and oxygen atoms in total. The summed E-state index contributed by atoms with van der Waals surface area (Å²) in [6, 6.07) is 5.07. The lowest BCUT2D eigenvalue weighted by Gasteiger charge is -2.32. The molecule has 1 aliphatic rings. The van der Waals surface area contributed by atoms with Crippen molar-refractivity contribution in [1.82, 2.24) is 4.90 Å². The van der Waals surface area contributed by atoms with Crippen LogP contribution in [-0.2, 0) is 26.9 Å². The molecule has 2 rings (SSSR count). The molecule has 25 heavy (non-hydrogen) atoms. The average molecular weight is 357 g/mol. The summed E-state index contributed by atoms with van der Waals surface area (Å²) < 4.78 is 43.9. The number of ether oxygens (including phenoxy) is 1. The average Bonchev–Trinajstić information content (AvgIpc) is 2.53. The van der Waals surface area contributed by atoms with Gasteiger partial charge >= 0.3 is 6.18 Å². The molecule has 7 heteroatoms. The summed E-state index contributed by atoms with van der Waals surface area (Å²) in [4.78, 5) is 25.5. The fraction of sp³-hybridized carbons (Fsp3) is 0.556. The standard InChI is InChI=1S/C18H22F3NO3/c1-12(2)8-16(23)17(24)22-6-7-25-15(11-22)10-13-4-3-5-14(9-13)18(19,20)21/h3-5,9,12,15H,6-8,10-11H2,1-2H3. The highest BCUT2D eigenvalue weighted by Gasteiger charge is 2.31. The number of nitrogens with zero attached hydrogens (tertiary/aromatic N) is 1. The second-order valence-corrected chi connectivity index (χ2v) is 6.67. The SMILES string of the molecule is CC(C)CC(=O)C(=O)N1CCOC(Cc2cccc(C(F)(F)F)c2)C1. The number of rotatable bonds is 5. The van der Waals surface area contributed by atoms with Gasteiger partial charge in [-0.05, 0) is 17.5 Å². The van der Waals surface area contributed by atoms with Crippen LogP contribution in [0.2, 0.25) is 0 Å². The molecule has 1 aromatic carbocycles. The molecule has 138 valence electrons. The predicted octanol–water partition coefficient (Wildman–Crippen LogP) is 3.09. The number of carbonyl (C=O) groups excluding carboxylic acids is 2. The molecule has 1 fully saturated rings. The highest BCUT2D eigenvalue weighted by molar-refractivity contribution is 6.36. The first kappa shape index (κ1) is 19.4. The number of Topliss-reactive ketones (excluding diaryl/α,β-unsaturated/α-hetero) is 1. The number of ketones is 1. The van der Waals surface area contributed by atoms with E-state index in [1.807, 2.05) is 13.8 Å². The Bertz CT molecular complexity index is 628. The fourth-order valence-electron chi connectivity index (χ4n) is 2.80. The van der Waals surface area contributed by atoms with Gasteiger partial charge in [0.2, 0.25) is 5.78 Å². The minimum Gasteiger partial charge on any atom is -0.374 e. The van der Waals surface area contributed by atoms with E-state index in [1.54, 1.807) is 6.07 Å². The third kappa shape index (κ3) is 5.56. The number of morpholine rings is 1. The quantitative estimate of drug-likeness (QED) is 0.761. The second kappa shape index (κ2) is 7.99. The van der Waals surface area contributed by atoms with Crippen molar-refractivity contribution in [2.45, 2.75) is 39.0 Å². The van der Waals surface area contributed by atoms with Crippen LogP contribution in [-0.4, -0.2) is 42.4 Å². The lowest BCUT2D eigenvalue weighted by molar-refractivity contribution is -0.149. The molecule has 0 aliphatic carbocycles. The van der Waals surface area contributed by atoms with Crippen LogP contribution in [0.25, 0.3) is 0 Å². The molecule has 1 aromatic rings. The topological polar surface area (TPSA) is 46.6 Å². The Hall–Kier alpha value is -1.89. The molecular weight excluding hydrogens is 335 g/mol. The van der Waals surface area contributed by atoms with Gasteiger partial charge < -0.3 is 9.64 Å². The minimum atomic E-state index is -4.39. The summed E-state index contributed by atoms with van der Waals surface area (Å²) in [5.41, 5.74) is -0.219. The van der Waals surface area contributed by atoms with E-state index < -0.39 is 29.5 Å². The van der Waals surface area contributed by atoms with Crippen LogP contribution in [0.5, 0.6) is 0 Å². The number of alkyl halides is 3. The van der Waals surface area contributed by atoms with E-state index in [-0.39, 0.29) is 31.9 Å². The largest absolute Gasteiger partial charge is 0.416 e. The molecule has 0 saturated carbocycles. The number of carbonyl (C=O) groups is 2. The minimum absolute atomic E-state index is 0.0957. The van der Waals surface area contributed by atoms with E-state index in [0.29, 0.717) is 12.1 Å². The monoisotopic (exact) mass is 357 g/mol. The lowest BCUT2D eigenvalue weighted by Crippen LogP contribution is -2.48. The number of hydrogen-bond acceptors (Lipinski definition) is 3. The first-order chi connectivity index (χ1) is 11.7. The van der Waals surface area contributed by atoms with E-state index in [0.717, 1.165) is 12.1 Å². The van der Waals surface area contributed by atoms with E-state index >= 15 is 0 Å². The molecule has 0 radical (unpaired) electrons. The molecular formula is C18H22F3NO3. The Morgan fingerprint density at radius 1 is 1.32 bits per heavy atom. The highest BCUT2D eigenvalue weighted by Crippen LogP contribution is 2.30. The zero-order valence-electron chi connectivity index (χ0n) is 14.3. The summed E-state index contributed by atoms with van der Waals surface area (Å²) in [7, 11) is 0. The fourth-order valence-corrected chi connectivity index (χ4v) is 2.80. The normalized spacial score (nSPS) is 18.5. The van der Waals surface area contributed by atoms with Crippen molar-refractivity contribution in [1.29, 1.82) is 0 Å². The third-order valence-corrected chi connectivity index (χ3v) is 3.98. The van der Waals surface area contributed by atoms with E-state index in [4.69, 9.17) is 4.74 Å². The number of hydrogen-bond donors (Lipinski definition) is 0. The van der Waals surface area contributed by atoms with Crippen LogP contribution in [0.15, 0.2) is 24.3 Å². The first-order valence-corrected chi connectivity index (χ1v) is 8.26. The third-order valence-electron chi connectivity index (χ3n) is 3.98. The summed E-state index contributed by atoms with van der Waals surface area (Å²) in [5.74, 6) is -0.876. The number of benzene rings is 1. The van der Waals surface area contributed by atoms with Crippen LogP contribution in [0.3, 0.4) is 0 Å². The van der Waals surface area contributed by atoms with Gasteiger partial charge in [-0.15, -0.1) is 0 Å². The summed E-state index contributed by atoms with van der Waals surface area (Å²) in [6.07, 6.45) is -4.37. The van der Waals surface area contributed by atoms with Gasteiger partial charge in [-0.25, -0.2) is 0 Å². The van der Waals surface area contributed by atoms with Crippen LogP contribution in [0.1, 0.15) is 31.4 Å². The zero-order valence-corrected chi connectivity index (χ0v) is 14.3. The maximum atomic E-state index is 12.8. The van der Waals surface area contributed by atoms with Gasteiger partial charge in [-0.1, -0.05) is 32.0 Å². The molecule has 0 spiro atoms. The molecule has 1 atom stereocenters. The Balaban J connectivity index is 2.00. The Labute approximate surface area is 144 Å². The maximum absolute atomic E-state index is 12.8. The van der Waals surface area contributed by atoms with Crippen molar-refractivity contribution in [3.63, 3.8) is 0 Å². The van der Waals surface area contributed by atoms with Crippen LogP contribution in [0, 0.1) is 5.92 Å². The zero-order chi connectivity index (χ0) is 18.6. The number of amides is 1. The van der Waals surface area contributed by atoms with Crippen molar-refractivity contribution < 1.29 is 27.5 Å². The van der Waals surface area contributed by atoms with Gasteiger partial charge in [0, 0.05) is 25.9 Å². The Morgan fingerprint density at radius 2 is 2.04 bits per heavy atom. The molecule has 1 saturated heterocycles. The predicted molar refractivity (Wildman–Crippen MR) is 85.9 cm³/mol. The van der Waals surface area contributed by atoms with Gasteiger partial charge in [0.05, 0.1) is 18.3 Å². The van der Waals surface area contributed by atoms with Gasteiger partial charge in [-0.2, -0.15) is 13.2 Å². The van der Waals surface area contributed by atoms with Gasteiger partial charge in [0.1, 0.15) is 0 Å². The molecule has 1 unspecified atom stereocenters. The summed E-state index contributed by atoms with van der Waals surface area (Å²) in [6.45, 7) is 4.52. The summed E-state index contributed by atoms with van der Waals surface area (Å²) >= 11 is 0. The van der Waals surface area contributed by atoms with Gasteiger partial charge in [0.15, 0.2) is 0 Å². The van der Waals surface area contributed by atoms with Crippen molar-refractivity contribution in [2.75, 3.05) is 19.7 Å². The Morgan fingerprint density at radius 3 is 2.68 bits per heavy atom. The van der Waals surface area contributed by atoms with Crippen LogP contribution < -0.4 is 0 Å². The molecule has 1 heterocycles. The molecule has 0 N–H and O–H groups in total. The van der Waals surface area contributed by atoms with Crippen molar-refractivity contribution in [3.05, 3.63) is 35.4 Å². The van der Waals surface area contributed by atoms with Crippen LogP contribution >= 0.6 is 0 Å². The first-order valence-electron chi connectivity index (χ1n) is 8.26. The van der Waals surface area contributed by atoms with E-state index in [2.05, 4.69) is 0 Å². The molecule has 1 aliphatic heterocycles. The molecule has 1 amide bonds. The van der Waals surface area contributed by atoms with Crippen molar-refractivity contribution in [2.24, 2.45) is 5.92 Å². The van der Waals surface area contributed by atoms with E-state index in [9.17, 15) is 22.8 Å². The summed E-state index contributed by atoms with van der Waals surface area (Å²) in [5, 5.41) is 0. The van der Waals surface area contributed by atoms with Crippen molar-refractivity contribution >= 4 is 11.7 Å². The van der Waals surface area contributed by atoms with Gasteiger partial charge in [0.25, 0.3) is 5.91 Å². The highest BCUT2D eigenvalue weighted by atomic mass is 19.4. The smallest absolute Gasteiger partial charge is 0.374 e. The molecule has 0 aromatic heterocycles. The Kier molecular flexibility index (Phi) is 6.21. The molecule has 0 bridgehead atoms. The second-order valence-electron chi connectivity index (χ2n) is 6.67. The maximum Gasteiger partial charge on any atom is 0.416 e. The van der Waals surface area contributed by atoms with Gasteiger partial charge in [-0.3, -0.25) is 9.59 Å².